The maximum Gasteiger partial charge on any atom is 0.263 e. The molecule has 5 aromatic heterocycles. The highest BCUT2D eigenvalue weighted by atomic mass is 35.5. The summed E-state index contributed by atoms with van der Waals surface area (Å²) in [5.41, 5.74) is 8.64. The van der Waals surface area contributed by atoms with Crippen molar-refractivity contribution in [1.82, 2.24) is 30.1 Å². The molecule has 692 valence electrons. The first-order valence-electron chi connectivity index (χ1n) is 40.0. The van der Waals surface area contributed by atoms with Crippen LogP contribution in [0.4, 0.5) is 45.5 Å². The Balaban J connectivity index is 0.000000131. The molecule has 0 saturated carbocycles. The lowest BCUT2D eigenvalue weighted by Crippen LogP contribution is -2.41. The van der Waals surface area contributed by atoms with Gasteiger partial charge in [0, 0.05) is 91.3 Å². The number of para-hydroxylation sites is 1. The maximum atomic E-state index is 13.2. The lowest BCUT2D eigenvalue weighted by atomic mass is 10.0. The SMILES string of the molecule is Cc1noc2ccc(NC(=O)c3ccc(N4COCCS4(=O)=O)cc3)cc12.O=S(=O)(Nc1ccc(Cl)c(-c2ccc3cnccc3n2)c1)c1ccc(N2COCCS2(=O)=O)cc1Cl.O=S(=O)(Nc1ccc(Cl)c(-c2ncc3ccccc3n2)c1)c1ccc(N2COCCS2(=O)=O)cc1.O=S(=O)(Nc1ccc(Cl)c(-c2nccc3ccccc23)c1)c1ccc(N2COCCS2(=O)=O)cc1Cl. The van der Waals surface area contributed by atoms with E-state index in [9.17, 15) is 63.7 Å². The number of benzene rings is 10. The number of aromatic nitrogens is 6. The topological polar surface area (TPSA) is 445 Å². The molecule has 4 aliphatic rings. The van der Waals surface area contributed by atoms with Gasteiger partial charge in [-0.15, -0.1) is 0 Å². The van der Waals surface area contributed by atoms with Crippen LogP contribution in [-0.2, 0) is 89.1 Å². The highest BCUT2D eigenvalue weighted by Crippen LogP contribution is 2.40. The molecule has 0 radical (unpaired) electrons. The lowest BCUT2D eigenvalue weighted by molar-refractivity contribution is 0.102. The average molecular weight is 2050 g/mol. The molecule has 19 rings (SSSR count). The molecule has 4 saturated heterocycles. The highest BCUT2D eigenvalue weighted by molar-refractivity contribution is 7.94. The number of hydrogen-bond donors (Lipinski definition) is 4. The number of sulfonamides is 7. The first-order chi connectivity index (χ1) is 64.0. The predicted octanol–water partition coefficient (Wildman–Crippen LogP) is 16.0. The van der Waals surface area contributed by atoms with Crippen molar-refractivity contribution in [1.29, 1.82) is 0 Å². The van der Waals surface area contributed by atoms with Crippen molar-refractivity contribution >= 4 is 223 Å². The monoisotopic (exact) mass is 2040 g/mol. The minimum absolute atomic E-state index is 0.0218. The number of nitrogens with one attached hydrogen (secondary N) is 4. The molecular weight excluding hydrogens is 1970 g/mol. The summed E-state index contributed by atoms with van der Waals surface area (Å²) in [7, 11) is -26.2. The molecule has 10 aromatic carbocycles. The van der Waals surface area contributed by atoms with E-state index >= 15 is 0 Å². The Morgan fingerprint density at radius 3 is 1.41 bits per heavy atom. The number of aryl methyl sites for hydroxylation is 1. The van der Waals surface area contributed by atoms with Crippen molar-refractivity contribution in [3.63, 3.8) is 0 Å². The van der Waals surface area contributed by atoms with Crippen LogP contribution < -0.4 is 36.7 Å². The van der Waals surface area contributed by atoms with Crippen molar-refractivity contribution in [3.05, 3.63) is 292 Å². The molecule has 0 bridgehead atoms. The van der Waals surface area contributed by atoms with E-state index in [0.29, 0.717) is 77.2 Å². The molecule has 15 aromatic rings. The van der Waals surface area contributed by atoms with E-state index < -0.39 is 70.2 Å². The van der Waals surface area contributed by atoms with Crippen LogP contribution in [0.2, 0.25) is 25.1 Å². The van der Waals surface area contributed by atoms with Crippen LogP contribution in [0.25, 0.3) is 77.5 Å². The number of rotatable bonds is 18. The van der Waals surface area contributed by atoms with E-state index in [1.807, 2.05) is 67.6 Å². The van der Waals surface area contributed by atoms with E-state index in [1.165, 1.54) is 83.2 Å². The molecular formula is C88H73Cl5N14O20S7. The molecule has 46 heteroatoms. The molecule has 4 fully saturated rings. The normalized spacial score (nSPS) is 15.8. The van der Waals surface area contributed by atoms with Gasteiger partial charge in [0.15, 0.2) is 11.4 Å². The van der Waals surface area contributed by atoms with E-state index in [1.54, 1.807) is 116 Å². The number of carbonyl (C=O) groups is 1. The standard InChI is InChI=1S/C24H19Cl2N3O5S2.C23H18Cl2N4O5S2.C23H19ClN4O5S2.C18H17N3O5S/c25-21-7-5-17(13-20(21)24-19-4-2-1-3-16(19)9-10-27-24)28-36(32,33)23-8-6-18(14-22(23)26)29-15-34-11-12-35(29,30)31;24-19-4-2-16(11-18(19)22-5-1-15-13-26-8-7-21(15)27-22)28-36(32,33)23-6-3-17(12-20(23)25)29-14-34-9-10-35(29,30)31;24-21-10-5-17(13-20(21)23-25-14-16-3-1-2-4-22(16)26-23)27-35(31,32)19-8-6-18(7-9-19)28-15-33-11-12-34(28,29)30;1-12-16-10-14(4-7-17(16)26-20-12)19-18(22)13-2-5-15(6-3-13)21-11-25-8-9-27(21,23)24/h1-10,13-14,28H,11-12,15H2;1-8,11-13,28H,9-10,14H2;1-10,13-14,27H,11-12,15H2;2-7,10H,8-9,11H2,1H3,(H,19,22). The minimum Gasteiger partial charge on any atom is -0.359 e. The van der Waals surface area contributed by atoms with Gasteiger partial charge in [0.25, 0.3) is 36.0 Å². The minimum atomic E-state index is -4.12. The Labute approximate surface area is 794 Å². The smallest absolute Gasteiger partial charge is 0.263 e. The second-order valence-electron chi connectivity index (χ2n) is 29.8. The van der Waals surface area contributed by atoms with Gasteiger partial charge in [-0.2, -0.15) is 0 Å². The van der Waals surface area contributed by atoms with Crippen LogP contribution in [0.3, 0.4) is 0 Å². The molecule has 0 aliphatic carbocycles. The van der Waals surface area contributed by atoms with E-state index in [-0.39, 0.29) is 135 Å². The first kappa shape index (κ1) is 95.2. The molecule has 0 unspecified atom stereocenters. The van der Waals surface area contributed by atoms with Gasteiger partial charge < -0.3 is 28.8 Å². The summed E-state index contributed by atoms with van der Waals surface area (Å²) in [6.07, 6.45) is 6.68. The van der Waals surface area contributed by atoms with Crippen LogP contribution in [0, 0.1) is 6.92 Å². The van der Waals surface area contributed by atoms with Crippen molar-refractivity contribution in [2.45, 2.75) is 21.6 Å². The van der Waals surface area contributed by atoms with Crippen LogP contribution in [-0.4, -0.2) is 171 Å². The van der Waals surface area contributed by atoms with Gasteiger partial charge in [-0.05, 0) is 200 Å². The average Bonchev–Trinajstić information content (AvgIpc) is 1.66. The Morgan fingerprint density at radius 1 is 0.396 bits per heavy atom. The largest absolute Gasteiger partial charge is 0.359 e. The van der Waals surface area contributed by atoms with Crippen molar-refractivity contribution in [3.8, 4) is 33.9 Å². The quantitative estimate of drug-likeness (QED) is 0.0620. The van der Waals surface area contributed by atoms with Gasteiger partial charge >= 0.3 is 0 Å². The summed E-state index contributed by atoms with van der Waals surface area (Å²) in [5, 5.41) is 12.0. The number of fused-ring (bicyclic) bond motifs is 4. The van der Waals surface area contributed by atoms with Gasteiger partial charge in [-0.3, -0.25) is 28.9 Å². The van der Waals surface area contributed by atoms with Gasteiger partial charge in [0.2, 0.25) is 40.1 Å². The number of hydrogen-bond acceptors (Lipinski definition) is 26. The van der Waals surface area contributed by atoms with Crippen molar-refractivity contribution < 1.29 is 87.2 Å². The van der Waals surface area contributed by atoms with Crippen LogP contribution in [0.5, 0.6) is 0 Å². The van der Waals surface area contributed by atoms with Crippen LogP contribution in [0.1, 0.15) is 16.1 Å². The van der Waals surface area contributed by atoms with Gasteiger partial charge in [0.1, 0.15) is 36.7 Å². The fourth-order valence-electron chi connectivity index (χ4n) is 14.1. The molecule has 4 N–H and O–H groups in total. The molecule has 34 nitrogen and oxygen atoms in total. The molecule has 1 amide bonds. The number of ether oxygens (including phenoxy) is 4. The number of amides is 1. The fourth-order valence-corrected chi connectivity index (χ4v) is 23.8. The highest BCUT2D eigenvalue weighted by Gasteiger charge is 2.34. The maximum absolute atomic E-state index is 13.2. The second-order valence-corrected chi connectivity index (χ2v) is 44.9. The van der Waals surface area contributed by atoms with Crippen molar-refractivity contribution in [2.24, 2.45) is 0 Å². The zero-order valence-electron chi connectivity index (χ0n) is 69.6. The molecule has 0 spiro atoms. The van der Waals surface area contributed by atoms with E-state index in [4.69, 9.17) is 81.5 Å². The molecule has 4 aliphatic heterocycles. The van der Waals surface area contributed by atoms with Crippen LogP contribution in [0.15, 0.2) is 275 Å². The Bertz CT molecular complexity index is 7970. The fraction of sp³-hybridized carbons (Fsp3) is 0.148. The second kappa shape index (κ2) is 39.5. The molecule has 134 heavy (non-hydrogen) atoms. The molecule has 0 atom stereocenters. The van der Waals surface area contributed by atoms with Gasteiger partial charge in [-0.25, -0.2) is 91.1 Å². The third-order valence-corrected chi connectivity index (χ3v) is 33.7. The Kier molecular flexibility index (Phi) is 28.1. The number of pyridine rings is 3. The van der Waals surface area contributed by atoms with Crippen molar-refractivity contribution in [2.75, 3.05) is 113 Å². The first-order valence-corrected chi connectivity index (χ1v) is 52.8. The van der Waals surface area contributed by atoms with Crippen LogP contribution >= 0.6 is 58.0 Å². The van der Waals surface area contributed by atoms with E-state index in [0.717, 1.165) is 56.6 Å². The van der Waals surface area contributed by atoms with Gasteiger partial charge in [-0.1, -0.05) is 106 Å². The summed E-state index contributed by atoms with van der Waals surface area (Å²) < 4.78 is 215. The lowest BCUT2D eigenvalue weighted by Gasteiger charge is -2.28. The number of anilines is 8. The molecule has 9 heterocycles. The third-order valence-electron chi connectivity index (χ3n) is 20.9. The zero-order valence-corrected chi connectivity index (χ0v) is 79.1. The predicted molar refractivity (Wildman–Crippen MR) is 515 cm³/mol. The number of carbonyl (C=O) groups excluding carboxylic acids is 1. The summed E-state index contributed by atoms with van der Waals surface area (Å²) >= 11 is 31.8. The third kappa shape index (κ3) is 21.5. The summed E-state index contributed by atoms with van der Waals surface area (Å²) in [4.78, 5) is 34.1. The summed E-state index contributed by atoms with van der Waals surface area (Å²) in [6, 6.07) is 61.5. The number of halogens is 5. The van der Waals surface area contributed by atoms with E-state index in [2.05, 4.69) is 49.6 Å². The number of nitrogens with zero attached hydrogens (tertiary/aromatic N) is 10. The Morgan fingerprint density at radius 2 is 0.858 bits per heavy atom. The summed E-state index contributed by atoms with van der Waals surface area (Å²) in [5.74, 6) is -0.462. The zero-order chi connectivity index (χ0) is 94.7. The van der Waals surface area contributed by atoms with Gasteiger partial charge in [0.05, 0.1) is 130 Å². The summed E-state index contributed by atoms with van der Waals surface area (Å²) in [6.45, 7) is 1.86. The Hall–Kier alpha value is -12.0.